The van der Waals surface area contributed by atoms with E-state index in [0.29, 0.717) is 18.5 Å². The molecule has 0 aliphatic carbocycles. The van der Waals surface area contributed by atoms with Crippen LogP contribution in [-0.2, 0) is 9.59 Å². The second-order valence-electron chi connectivity index (χ2n) is 6.67. The minimum atomic E-state index is -0.876. The molecule has 5 nitrogen and oxygen atoms in total. The Morgan fingerprint density at radius 3 is 2.52 bits per heavy atom. The summed E-state index contributed by atoms with van der Waals surface area (Å²) in [6, 6.07) is 5.71. The Hall–Kier alpha value is -2.17. The number of ketones is 1. The summed E-state index contributed by atoms with van der Waals surface area (Å²) in [4.78, 5) is 37.3. The average molecular weight is 317 g/mol. The van der Waals surface area contributed by atoms with Crippen molar-refractivity contribution >= 4 is 17.7 Å². The van der Waals surface area contributed by atoms with E-state index in [1.165, 1.54) is 0 Å². The Balaban J connectivity index is 1.94. The highest BCUT2D eigenvalue weighted by Gasteiger charge is 2.41. The SMILES string of the molecule is Cc1ccc(C)c(C(=O)CCC(=O)N2CCC(C)(C(=O)O)C2)c1. The van der Waals surface area contributed by atoms with Crippen molar-refractivity contribution in [3.8, 4) is 0 Å². The van der Waals surface area contributed by atoms with Crippen molar-refractivity contribution in [3.63, 3.8) is 0 Å². The molecule has 1 saturated heterocycles. The van der Waals surface area contributed by atoms with Crippen molar-refractivity contribution < 1.29 is 19.5 Å². The first-order chi connectivity index (χ1) is 10.7. The number of rotatable bonds is 5. The minimum Gasteiger partial charge on any atom is -0.481 e. The number of benzene rings is 1. The lowest BCUT2D eigenvalue weighted by Gasteiger charge is -2.20. The molecule has 0 radical (unpaired) electrons. The van der Waals surface area contributed by atoms with Crippen molar-refractivity contribution in [1.29, 1.82) is 0 Å². The van der Waals surface area contributed by atoms with Crippen molar-refractivity contribution in [3.05, 3.63) is 34.9 Å². The molecule has 1 aromatic rings. The van der Waals surface area contributed by atoms with Gasteiger partial charge in [0, 0.05) is 31.5 Å². The maximum Gasteiger partial charge on any atom is 0.311 e. The Bertz CT molecular complexity index is 652. The third kappa shape index (κ3) is 3.78. The molecule has 2 rings (SSSR count). The highest BCUT2D eigenvalue weighted by molar-refractivity contribution is 5.99. The fourth-order valence-corrected chi connectivity index (χ4v) is 2.90. The highest BCUT2D eigenvalue weighted by Crippen LogP contribution is 2.30. The number of carboxylic acids is 1. The van der Waals surface area contributed by atoms with E-state index in [9.17, 15) is 19.5 Å². The first-order valence-corrected chi connectivity index (χ1v) is 7.84. The molecule has 124 valence electrons. The van der Waals surface area contributed by atoms with Crippen LogP contribution in [0.5, 0.6) is 0 Å². The van der Waals surface area contributed by atoms with Crippen LogP contribution in [0.1, 0.15) is 47.7 Å². The molecule has 0 spiro atoms. The van der Waals surface area contributed by atoms with Crippen LogP contribution in [-0.4, -0.2) is 40.8 Å². The number of aliphatic carboxylic acids is 1. The lowest BCUT2D eigenvalue weighted by Crippen LogP contribution is -2.35. The molecule has 0 saturated carbocycles. The smallest absolute Gasteiger partial charge is 0.311 e. The maximum atomic E-state index is 12.3. The summed E-state index contributed by atoms with van der Waals surface area (Å²) >= 11 is 0. The van der Waals surface area contributed by atoms with Gasteiger partial charge in [0.25, 0.3) is 0 Å². The standard InChI is InChI=1S/C18H23NO4/c1-12-4-5-13(2)14(10-12)15(20)6-7-16(21)19-9-8-18(3,11-19)17(22)23/h4-5,10H,6-9,11H2,1-3H3,(H,22,23). The first kappa shape index (κ1) is 17.2. The Morgan fingerprint density at radius 2 is 1.91 bits per heavy atom. The third-order valence-electron chi connectivity index (χ3n) is 4.60. The Morgan fingerprint density at radius 1 is 1.22 bits per heavy atom. The molecule has 1 aliphatic rings. The van der Waals surface area contributed by atoms with Crippen LogP contribution in [0.3, 0.4) is 0 Å². The van der Waals surface area contributed by atoms with Crippen LogP contribution in [0.4, 0.5) is 0 Å². The van der Waals surface area contributed by atoms with E-state index in [2.05, 4.69) is 0 Å². The van der Waals surface area contributed by atoms with Crippen molar-refractivity contribution in [2.24, 2.45) is 5.41 Å². The van der Waals surface area contributed by atoms with Crippen LogP contribution in [0, 0.1) is 19.3 Å². The normalized spacial score (nSPS) is 20.6. The third-order valence-corrected chi connectivity index (χ3v) is 4.60. The Labute approximate surface area is 136 Å². The van der Waals surface area contributed by atoms with Gasteiger partial charge in [-0.2, -0.15) is 0 Å². The maximum absolute atomic E-state index is 12.3. The summed E-state index contributed by atoms with van der Waals surface area (Å²) in [6.45, 7) is 6.13. The molecule has 1 atom stereocenters. The number of aryl methyl sites for hydroxylation is 2. The second kappa shape index (κ2) is 6.52. The summed E-state index contributed by atoms with van der Waals surface area (Å²) in [7, 11) is 0. The van der Waals surface area contributed by atoms with Crippen LogP contribution < -0.4 is 0 Å². The van der Waals surface area contributed by atoms with Gasteiger partial charge in [0.1, 0.15) is 0 Å². The second-order valence-corrected chi connectivity index (χ2v) is 6.67. The van der Waals surface area contributed by atoms with Crippen molar-refractivity contribution in [1.82, 2.24) is 4.90 Å². The first-order valence-electron chi connectivity index (χ1n) is 7.84. The van der Waals surface area contributed by atoms with Crippen molar-refractivity contribution in [2.75, 3.05) is 13.1 Å². The number of hydrogen-bond donors (Lipinski definition) is 1. The van der Waals surface area contributed by atoms with Gasteiger partial charge in [0.05, 0.1) is 5.41 Å². The zero-order valence-corrected chi connectivity index (χ0v) is 13.9. The van der Waals surface area contributed by atoms with Gasteiger partial charge in [0.15, 0.2) is 5.78 Å². The molecule has 1 heterocycles. The van der Waals surface area contributed by atoms with E-state index in [1.54, 1.807) is 11.8 Å². The van der Waals surface area contributed by atoms with Gasteiger partial charge in [-0.25, -0.2) is 0 Å². The molecule has 1 aromatic carbocycles. The van der Waals surface area contributed by atoms with Gasteiger partial charge < -0.3 is 10.0 Å². The summed E-state index contributed by atoms with van der Waals surface area (Å²) in [5.74, 6) is -1.06. The number of carboxylic acid groups (broad SMARTS) is 1. The molecule has 0 bridgehead atoms. The van der Waals surface area contributed by atoms with Gasteiger partial charge in [-0.1, -0.05) is 17.7 Å². The molecule has 23 heavy (non-hydrogen) atoms. The number of likely N-dealkylation sites (tertiary alicyclic amines) is 1. The van der Waals surface area contributed by atoms with E-state index in [4.69, 9.17) is 0 Å². The largest absolute Gasteiger partial charge is 0.481 e. The number of amides is 1. The summed E-state index contributed by atoms with van der Waals surface area (Å²) in [5, 5.41) is 9.20. The number of carbonyl (C=O) groups is 3. The van der Waals surface area contributed by atoms with E-state index >= 15 is 0 Å². The molecule has 0 aromatic heterocycles. The van der Waals surface area contributed by atoms with Crippen LogP contribution in [0.25, 0.3) is 0 Å². The highest BCUT2D eigenvalue weighted by atomic mass is 16.4. The zero-order chi connectivity index (χ0) is 17.2. The predicted octanol–water partition coefficient (Wildman–Crippen LogP) is 2.59. The summed E-state index contributed by atoms with van der Waals surface area (Å²) in [6.07, 6.45) is 0.740. The van der Waals surface area contributed by atoms with Gasteiger partial charge in [-0.3, -0.25) is 14.4 Å². The average Bonchev–Trinajstić information content (AvgIpc) is 2.91. The minimum absolute atomic E-state index is 0.0419. The Kier molecular flexibility index (Phi) is 4.88. The van der Waals surface area contributed by atoms with E-state index < -0.39 is 11.4 Å². The number of carbonyl (C=O) groups excluding carboxylic acids is 2. The van der Waals surface area contributed by atoms with Crippen LogP contribution >= 0.6 is 0 Å². The molecule has 1 fully saturated rings. The van der Waals surface area contributed by atoms with Crippen molar-refractivity contribution in [2.45, 2.75) is 40.0 Å². The van der Waals surface area contributed by atoms with E-state index in [0.717, 1.165) is 11.1 Å². The fourth-order valence-electron chi connectivity index (χ4n) is 2.90. The summed E-state index contributed by atoms with van der Waals surface area (Å²) < 4.78 is 0. The monoisotopic (exact) mass is 317 g/mol. The fraction of sp³-hybridized carbons (Fsp3) is 0.500. The molecular formula is C18H23NO4. The lowest BCUT2D eigenvalue weighted by molar-refractivity contribution is -0.147. The predicted molar refractivity (Wildman–Crippen MR) is 86.4 cm³/mol. The van der Waals surface area contributed by atoms with Gasteiger partial charge in [-0.05, 0) is 38.8 Å². The topological polar surface area (TPSA) is 74.7 Å². The molecule has 1 unspecified atom stereocenters. The molecule has 5 heteroatoms. The molecule has 1 amide bonds. The molecule has 1 N–H and O–H groups in total. The number of Topliss-reactive ketones (excluding diaryl/α,β-unsaturated/α-hetero) is 1. The van der Waals surface area contributed by atoms with Crippen LogP contribution in [0.2, 0.25) is 0 Å². The zero-order valence-electron chi connectivity index (χ0n) is 13.9. The van der Waals surface area contributed by atoms with E-state index in [-0.39, 0.29) is 31.1 Å². The number of nitrogens with zero attached hydrogens (tertiary/aromatic N) is 1. The summed E-state index contributed by atoms with van der Waals surface area (Å²) in [5.41, 5.74) is 1.72. The van der Waals surface area contributed by atoms with Gasteiger partial charge >= 0.3 is 5.97 Å². The van der Waals surface area contributed by atoms with Crippen LogP contribution in [0.15, 0.2) is 18.2 Å². The van der Waals surface area contributed by atoms with E-state index in [1.807, 2.05) is 32.0 Å². The molecule has 1 aliphatic heterocycles. The quantitative estimate of drug-likeness (QED) is 0.847. The lowest BCUT2D eigenvalue weighted by atomic mass is 9.90. The molecular weight excluding hydrogens is 294 g/mol. The van der Waals surface area contributed by atoms with Gasteiger partial charge in [-0.15, -0.1) is 0 Å². The number of hydrogen-bond acceptors (Lipinski definition) is 3. The van der Waals surface area contributed by atoms with Gasteiger partial charge in [0.2, 0.25) is 5.91 Å².